The Balaban J connectivity index is 1.66. The maximum absolute atomic E-state index is 11.7. The summed E-state index contributed by atoms with van der Waals surface area (Å²) in [5, 5.41) is 22.5. The van der Waals surface area contributed by atoms with Crippen LogP contribution in [0.5, 0.6) is 5.75 Å². The summed E-state index contributed by atoms with van der Waals surface area (Å²) >= 11 is 0. The zero-order valence-corrected chi connectivity index (χ0v) is 15.5. The van der Waals surface area contributed by atoms with Gasteiger partial charge >= 0.3 is 5.69 Å². The van der Waals surface area contributed by atoms with Gasteiger partial charge in [0.15, 0.2) is 12.0 Å². The Morgan fingerprint density at radius 2 is 1.75 bits per heavy atom. The monoisotopic (exact) mass is 378 g/mol. The van der Waals surface area contributed by atoms with Crippen molar-refractivity contribution in [3.8, 4) is 17.0 Å². The Hall–Kier alpha value is -2.76. The molecule has 1 heterocycles. The third kappa shape index (κ3) is 2.62. The topological polar surface area (TPSA) is 93.3 Å². The molecular formula is C22H22N2O4. The molecule has 0 atom stereocenters. The number of nitro benzene ring substituents is 1. The molecule has 0 amide bonds. The molecule has 6 rings (SSSR count). The summed E-state index contributed by atoms with van der Waals surface area (Å²) in [5.41, 5.74) is 1.94. The van der Waals surface area contributed by atoms with E-state index >= 15 is 0 Å². The first kappa shape index (κ1) is 17.3. The molecule has 1 aromatic heterocycles. The minimum atomic E-state index is -0.511. The molecule has 2 aromatic rings. The van der Waals surface area contributed by atoms with Gasteiger partial charge in [0.2, 0.25) is 0 Å². The van der Waals surface area contributed by atoms with Crippen molar-refractivity contribution in [2.45, 2.75) is 43.9 Å². The lowest BCUT2D eigenvalue weighted by atomic mass is 9.48. The zero-order valence-electron chi connectivity index (χ0n) is 15.5. The first-order valence-electron chi connectivity index (χ1n) is 9.91. The lowest BCUT2D eigenvalue weighted by Gasteiger charge is -2.57. The summed E-state index contributed by atoms with van der Waals surface area (Å²) in [4.78, 5) is 26.3. The number of nitrogens with zero attached hydrogens (tertiary/aromatic N) is 2. The van der Waals surface area contributed by atoms with Crippen LogP contribution in [-0.2, 0) is 5.41 Å². The maximum atomic E-state index is 11.7. The average Bonchev–Trinajstić information content (AvgIpc) is 2.67. The SMILES string of the molecule is O=Cc1ccc(-c2cc([N+](=O)[O-])c(O)c(C34CC5CC(CC(C5)C3)C4)c2)nc1. The molecule has 4 aliphatic rings. The highest BCUT2D eigenvalue weighted by molar-refractivity contribution is 5.76. The van der Waals surface area contributed by atoms with E-state index in [2.05, 4.69) is 4.98 Å². The first-order chi connectivity index (χ1) is 13.5. The molecule has 4 saturated carbocycles. The van der Waals surface area contributed by atoms with Gasteiger partial charge in [0.1, 0.15) is 0 Å². The van der Waals surface area contributed by atoms with Crippen molar-refractivity contribution in [2.24, 2.45) is 17.8 Å². The van der Waals surface area contributed by atoms with Crippen molar-refractivity contribution in [1.29, 1.82) is 0 Å². The third-order valence-electron chi connectivity index (χ3n) is 7.11. The number of aldehydes is 1. The minimum absolute atomic E-state index is 0.164. The van der Waals surface area contributed by atoms with Gasteiger partial charge in [-0.05, 0) is 74.5 Å². The van der Waals surface area contributed by atoms with Crippen molar-refractivity contribution in [2.75, 3.05) is 0 Å². The number of nitro groups is 1. The fourth-order valence-corrected chi connectivity index (χ4v) is 6.40. The van der Waals surface area contributed by atoms with Gasteiger partial charge in [0.05, 0.1) is 10.6 Å². The molecule has 1 N–H and O–H groups in total. The molecule has 1 aromatic carbocycles. The second-order valence-electron chi connectivity index (χ2n) is 8.94. The molecule has 0 saturated heterocycles. The maximum Gasteiger partial charge on any atom is 0.311 e. The second-order valence-corrected chi connectivity index (χ2v) is 8.94. The van der Waals surface area contributed by atoms with E-state index in [9.17, 15) is 20.0 Å². The number of rotatable bonds is 4. The van der Waals surface area contributed by atoms with Crippen molar-refractivity contribution < 1.29 is 14.8 Å². The number of hydrogen-bond donors (Lipinski definition) is 1. The van der Waals surface area contributed by atoms with Gasteiger partial charge in [-0.25, -0.2) is 0 Å². The molecule has 6 heteroatoms. The summed E-state index contributed by atoms with van der Waals surface area (Å²) in [7, 11) is 0. The highest BCUT2D eigenvalue weighted by Crippen LogP contribution is 2.62. The number of pyridine rings is 1. The molecule has 28 heavy (non-hydrogen) atoms. The van der Waals surface area contributed by atoms with Gasteiger partial charge in [-0.15, -0.1) is 0 Å². The molecule has 4 aliphatic carbocycles. The van der Waals surface area contributed by atoms with Gasteiger partial charge in [-0.3, -0.25) is 19.9 Å². The number of carbonyl (C=O) groups is 1. The molecule has 144 valence electrons. The Kier molecular flexibility index (Phi) is 3.79. The Morgan fingerprint density at radius 3 is 2.25 bits per heavy atom. The van der Waals surface area contributed by atoms with E-state index < -0.39 is 4.92 Å². The molecule has 0 unspecified atom stereocenters. The molecule has 0 aliphatic heterocycles. The van der Waals surface area contributed by atoms with E-state index in [1.165, 1.54) is 31.5 Å². The number of phenols is 1. The van der Waals surface area contributed by atoms with E-state index in [1.807, 2.05) is 6.07 Å². The number of benzene rings is 1. The van der Waals surface area contributed by atoms with E-state index in [0.29, 0.717) is 34.6 Å². The lowest BCUT2D eigenvalue weighted by molar-refractivity contribution is -0.385. The van der Waals surface area contributed by atoms with Crippen molar-refractivity contribution in [3.63, 3.8) is 0 Å². The predicted molar refractivity (Wildman–Crippen MR) is 103 cm³/mol. The van der Waals surface area contributed by atoms with Crippen LogP contribution in [0, 0.1) is 27.9 Å². The third-order valence-corrected chi connectivity index (χ3v) is 7.11. The van der Waals surface area contributed by atoms with Crippen LogP contribution in [0.4, 0.5) is 5.69 Å². The Bertz CT molecular complexity index is 932. The van der Waals surface area contributed by atoms with Crippen molar-refractivity contribution in [1.82, 2.24) is 4.98 Å². The largest absolute Gasteiger partial charge is 0.502 e. The molecule has 4 bridgehead atoms. The van der Waals surface area contributed by atoms with Crippen LogP contribution in [0.25, 0.3) is 11.3 Å². The number of aromatic nitrogens is 1. The van der Waals surface area contributed by atoms with E-state index in [4.69, 9.17) is 0 Å². The molecule has 0 radical (unpaired) electrons. The number of aromatic hydroxyl groups is 1. The van der Waals surface area contributed by atoms with E-state index in [-0.39, 0.29) is 16.9 Å². The fourth-order valence-electron chi connectivity index (χ4n) is 6.40. The molecule has 6 nitrogen and oxygen atoms in total. The first-order valence-corrected chi connectivity index (χ1v) is 9.91. The van der Waals surface area contributed by atoms with Gasteiger partial charge in [-0.2, -0.15) is 0 Å². The van der Waals surface area contributed by atoms with Gasteiger partial charge < -0.3 is 5.11 Å². The standard InChI is InChI=1S/C22H22N2O4/c25-12-13-1-2-19(23-11-13)17-6-18(21(26)20(7-17)24(27)28)22-8-14-3-15(9-22)5-16(4-14)10-22/h1-2,6-7,11-12,14-16,26H,3-5,8-10H2. The quantitative estimate of drug-likeness (QED) is 0.475. The summed E-state index contributed by atoms with van der Waals surface area (Å²) in [6.07, 6.45) is 8.98. The molecule has 0 spiro atoms. The highest BCUT2D eigenvalue weighted by Gasteiger charge is 2.53. The van der Waals surface area contributed by atoms with Crippen LogP contribution >= 0.6 is 0 Å². The number of hydrogen-bond acceptors (Lipinski definition) is 5. The van der Waals surface area contributed by atoms with Crippen molar-refractivity contribution >= 4 is 12.0 Å². The van der Waals surface area contributed by atoms with Crippen LogP contribution < -0.4 is 0 Å². The van der Waals surface area contributed by atoms with Gasteiger partial charge in [0, 0.05) is 34.4 Å². The smallest absolute Gasteiger partial charge is 0.311 e. The van der Waals surface area contributed by atoms with E-state index in [0.717, 1.165) is 31.1 Å². The lowest BCUT2D eigenvalue weighted by Crippen LogP contribution is -2.48. The number of phenolic OH excluding ortho intramolecular Hbond substituents is 1. The predicted octanol–water partition coefficient (Wildman–Crippen LogP) is 4.64. The van der Waals surface area contributed by atoms with Crippen LogP contribution in [0.2, 0.25) is 0 Å². The average molecular weight is 378 g/mol. The van der Waals surface area contributed by atoms with E-state index in [1.54, 1.807) is 12.1 Å². The zero-order chi connectivity index (χ0) is 19.5. The fraction of sp³-hybridized carbons (Fsp3) is 0.455. The minimum Gasteiger partial charge on any atom is -0.502 e. The normalized spacial score (nSPS) is 30.4. The summed E-state index contributed by atoms with van der Waals surface area (Å²) in [5.74, 6) is 1.82. The van der Waals surface area contributed by atoms with Gasteiger partial charge in [-0.1, -0.05) is 0 Å². The summed E-state index contributed by atoms with van der Waals surface area (Å²) in [6, 6.07) is 6.64. The summed E-state index contributed by atoms with van der Waals surface area (Å²) < 4.78 is 0. The molecular weight excluding hydrogens is 356 g/mol. The van der Waals surface area contributed by atoms with Gasteiger partial charge in [0.25, 0.3) is 0 Å². The molecule has 4 fully saturated rings. The van der Waals surface area contributed by atoms with Crippen LogP contribution in [0.1, 0.15) is 54.4 Å². The van der Waals surface area contributed by atoms with Crippen LogP contribution in [0.15, 0.2) is 30.5 Å². The highest BCUT2D eigenvalue weighted by atomic mass is 16.6. The number of carbonyl (C=O) groups excluding carboxylic acids is 1. The van der Waals surface area contributed by atoms with Crippen molar-refractivity contribution in [3.05, 3.63) is 51.7 Å². The summed E-state index contributed by atoms with van der Waals surface area (Å²) in [6.45, 7) is 0. The van der Waals surface area contributed by atoms with Crippen LogP contribution in [-0.4, -0.2) is 21.3 Å². The van der Waals surface area contributed by atoms with Crippen LogP contribution in [0.3, 0.4) is 0 Å². The second kappa shape index (κ2) is 6.12. The Morgan fingerprint density at radius 1 is 1.11 bits per heavy atom. The Labute approximate surface area is 162 Å².